The molecule has 118 valence electrons. The average Bonchev–Trinajstić information content (AvgIpc) is 2.87. The predicted octanol–water partition coefficient (Wildman–Crippen LogP) is 2.14. The zero-order chi connectivity index (χ0) is 15.5. The van der Waals surface area contributed by atoms with Gasteiger partial charge in [0.15, 0.2) is 11.6 Å². The van der Waals surface area contributed by atoms with Crippen molar-refractivity contribution >= 4 is 5.82 Å². The Labute approximate surface area is 131 Å². The molecule has 1 aliphatic heterocycles. The van der Waals surface area contributed by atoms with Gasteiger partial charge in [-0.1, -0.05) is 0 Å². The first-order chi connectivity index (χ1) is 10.6. The number of hydrogen-bond donors (Lipinski definition) is 0. The molecule has 0 amide bonds. The molecule has 2 aromatic heterocycles. The molecule has 3 rings (SSSR count). The van der Waals surface area contributed by atoms with E-state index in [1.165, 1.54) is 6.42 Å². The lowest BCUT2D eigenvalue weighted by atomic mass is 10.0. The van der Waals surface area contributed by atoms with Crippen molar-refractivity contribution in [2.24, 2.45) is 5.92 Å². The van der Waals surface area contributed by atoms with Crippen molar-refractivity contribution in [2.75, 3.05) is 31.7 Å². The summed E-state index contributed by atoms with van der Waals surface area (Å²) in [5, 5.41) is 13.1. The molecule has 0 spiro atoms. The molecule has 0 bridgehead atoms. The van der Waals surface area contributed by atoms with Crippen LogP contribution in [0.15, 0.2) is 18.2 Å². The molecule has 1 aliphatic rings. The highest BCUT2D eigenvalue weighted by Gasteiger charge is 2.17. The molecule has 0 aromatic carbocycles. The van der Waals surface area contributed by atoms with Gasteiger partial charge in [-0.3, -0.25) is 0 Å². The normalized spacial score (nSPS) is 18.4. The molecular weight excluding hydrogens is 278 g/mol. The van der Waals surface area contributed by atoms with Crippen LogP contribution in [0.4, 0.5) is 5.82 Å². The van der Waals surface area contributed by atoms with Gasteiger partial charge in [0, 0.05) is 25.9 Å². The Kier molecular flexibility index (Phi) is 4.38. The van der Waals surface area contributed by atoms with Gasteiger partial charge in [0.25, 0.3) is 0 Å². The summed E-state index contributed by atoms with van der Waals surface area (Å²) in [7, 11) is 2.06. The Morgan fingerprint density at radius 3 is 2.77 bits per heavy atom. The molecule has 0 N–H and O–H groups in total. The fourth-order valence-corrected chi connectivity index (χ4v) is 2.93. The van der Waals surface area contributed by atoms with E-state index in [0.717, 1.165) is 49.2 Å². The molecule has 3 heterocycles. The molecular formula is C16H23N5O. The second-order valence-electron chi connectivity index (χ2n) is 6.05. The number of aromatic nitrogens is 4. The van der Waals surface area contributed by atoms with Gasteiger partial charge in [0.1, 0.15) is 0 Å². The SMILES string of the molecule is Cc1cc(C)n(-c2ccc(N(C)CC3CCCOC3)nn2)n1. The number of hydrogen-bond acceptors (Lipinski definition) is 5. The third kappa shape index (κ3) is 3.27. The van der Waals surface area contributed by atoms with Gasteiger partial charge in [0.05, 0.1) is 12.3 Å². The van der Waals surface area contributed by atoms with Gasteiger partial charge in [-0.25, -0.2) is 4.68 Å². The lowest BCUT2D eigenvalue weighted by Gasteiger charge is -2.27. The zero-order valence-electron chi connectivity index (χ0n) is 13.5. The molecule has 1 fully saturated rings. The van der Waals surface area contributed by atoms with E-state index in [2.05, 4.69) is 27.2 Å². The predicted molar refractivity (Wildman–Crippen MR) is 85.4 cm³/mol. The highest BCUT2D eigenvalue weighted by atomic mass is 16.5. The minimum atomic E-state index is 0.580. The minimum absolute atomic E-state index is 0.580. The van der Waals surface area contributed by atoms with Crippen molar-refractivity contribution in [3.8, 4) is 5.82 Å². The van der Waals surface area contributed by atoms with E-state index in [1.807, 2.05) is 36.7 Å². The van der Waals surface area contributed by atoms with E-state index in [0.29, 0.717) is 5.92 Å². The highest BCUT2D eigenvalue weighted by molar-refractivity contribution is 5.39. The topological polar surface area (TPSA) is 56.1 Å². The van der Waals surface area contributed by atoms with Crippen molar-refractivity contribution in [2.45, 2.75) is 26.7 Å². The Hall–Kier alpha value is -1.95. The van der Waals surface area contributed by atoms with Gasteiger partial charge < -0.3 is 9.64 Å². The van der Waals surface area contributed by atoms with Gasteiger partial charge in [-0.2, -0.15) is 5.10 Å². The van der Waals surface area contributed by atoms with Crippen LogP contribution >= 0.6 is 0 Å². The van der Waals surface area contributed by atoms with Crippen molar-refractivity contribution < 1.29 is 4.74 Å². The third-order valence-corrected chi connectivity index (χ3v) is 4.04. The monoisotopic (exact) mass is 301 g/mol. The van der Waals surface area contributed by atoms with Crippen LogP contribution in [0, 0.1) is 19.8 Å². The van der Waals surface area contributed by atoms with Crippen molar-refractivity contribution in [1.29, 1.82) is 0 Å². The Balaban J connectivity index is 1.69. The third-order valence-electron chi connectivity index (χ3n) is 4.04. The van der Waals surface area contributed by atoms with Gasteiger partial charge >= 0.3 is 0 Å². The molecule has 2 aromatic rings. The molecule has 0 radical (unpaired) electrons. The van der Waals surface area contributed by atoms with Crippen molar-refractivity contribution in [3.05, 3.63) is 29.6 Å². The van der Waals surface area contributed by atoms with Crippen LogP contribution in [0.3, 0.4) is 0 Å². The number of anilines is 1. The van der Waals surface area contributed by atoms with E-state index in [9.17, 15) is 0 Å². The summed E-state index contributed by atoms with van der Waals surface area (Å²) in [6, 6.07) is 6.00. The summed E-state index contributed by atoms with van der Waals surface area (Å²) in [6.45, 7) is 6.70. The van der Waals surface area contributed by atoms with Crippen LogP contribution in [0.1, 0.15) is 24.2 Å². The lowest BCUT2D eigenvalue weighted by molar-refractivity contribution is 0.0576. The van der Waals surface area contributed by atoms with Gasteiger partial charge in [-0.05, 0) is 50.8 Å². The van der Waals surface area contributed by atoms with Crippen LogP contribution in [-0.2, 0) is 4.74 Å². The summed E-state index contributed by atoms with van der Waals surface area (Å²) >= 11 is 0. The molecule has 1 atom stereocenters. The first-order valence-electron chi connectivity index (χ1n) is 7.80. The van der Waals surface area contributed by atoms with E-state index < -0.39 is 0 Å². The minimum Gasteiger partial charge on any atom is -0.381 e. The number of ether oxygens (including phenoxy) is 1. The largest absolute Gasteiger partial charge is 0.381 e. The fourth-order valence-electron chi connectivity index (χ4n) is 2.93. The first-order valence-corrected chi connectivity index (χ1v) is 7.80. The molecule has 1 saturated heterocycles. The summed E-state index contributed by atoms with van der Waals surface area (Å²) in [4.78, 5) is 2.15. The molecule has 6 nitrogen and oxygen atoms in total. The van der Waals surface area contributed by atoms with E-state index in [-0.39, 0.29) is 0 Å². The first kappa shape index (κ1) is 15.0. The van der Waals surface area contributed by atoms with Crippen LogP contribution < -0.4 is 4.90 Å². The van der Waals surface area contributed by atoms with E-state index in [4.69, 9.17) is 4.74 Å². The zero-order valence-corrected chi connectivity index (χ0v) is 13.5. The quantitative estimate of drug-likeness (QED) is 0.866. The molecule has 0 aliphatic carbocycles. The molecule has 22 heavy (non-hydrogen) atoms. The van der Waals surface area contributed by atoms with Crippen LogP contribution in [0.25, 0.3) is 5.82 Å². The van der Waals surface area contributed by atoms with Gasteiger partial charge in [-0.15, -0.1) is 10.2 Å². The molecule has 0 saturated carbocycles. The van der Waals surface area contributed by atoms with Crippen LogP contribution in [0.5, 0.6) is 0 Å². The molecule has 6 heteroatoms. The number of nitrogens with zero attached hydrogens (tertiary/aromatic N) is 5. The fraction of sp³-hybridized carbons (Fsp3) is 0.562. The number of rotatable bonds is 4. The molecule has 1 unspecified atom stereocenters. The standard InChI is InChI=1S/C16H23N5O/c1-12-9-13(2)21(19-12)16-7-6-15(17-18-16)20(3)10-14-5-4-8-22-11-14/h6-7,9,14H,4-5,8,10-11H2,1-3H3. The second kappa shape index (κ2) is 6.44. The van der Waals surface area contributed by atoms with Gasteiger partial charge in [0.2, 0.25) is 0 Å². The maximum absolute atomic E-state index is 5.54. The Morgan fingerprint density at radius 2 is 2.18 bits per heavy atom. The van der Waals surface area contributed by atoms with Crippen molar-refractivity contribution in [3.63, 3.8) is 0 Å². The Morgan fingerprint density at radius 1 is 1.32 bits per heavy atom. The summed E-state index contributed by atoms with van der Waals surface area (Å²) in [6.07, 6.45) is 2.38. The maximum atomic E-state index is 5.54. The summed E-state index contributed by atoms with van der Waals surface area (Å²) < 4.78 is 7.36. The Bertz CT molecular complexity index is 616. The summed E-state index contributed by atoms with van der Waals surface area (Å²) in [5.41, 5.74) is 2.05. The maximum Gasteiger partial charge on any atom is 0.176 e. The average molecular weight is 301 g/mol. The highest BCUT2D eigenvalue weighted by Crippen LogP contribution is 2.18. The second-order valence-corrected chi connectivity index (χ2v) is 6.05. The van der Waals surface area contributed by atoms with Crippen molar-refractivity contribution in [1.82, 2.24) is 20.0 Å². The number of aryl methyl sites for hydroxylation is 2. The van der Waals surface area contributed by atoms with E-state index in [1.54, 1.807) is 0 Å². The van der Waals surface area contributed by atoms with Crippen LogP contribution in [-0.4, -0.2) is 46.8 Å². The smallest absolute Gasteiger partial charge is 0.176 e. The van der Waals surface area contributed by atoms with Crippen LogP contribution in [0.2, 0.25) is 0 Å². The lowest BCUT2D eigenvalue weighted by Crippen LogP contribution is -2.31. The summed E-state index contributed by atoms with van der Waals surface area (Å²) in [5.74, 6) is 2.22. The van der Waals surface area contributed by atoms with E-state index >= 15 is 0 Å².